The van der Waals surface area contributed by atoms with E-state index in [1.165, 1.54) is 4.90 Å². The highest BCUT2D eigenvalue weighted by Crippen LogP contribution is 2.08. The van der Waals surface area contributed by atoms with Crippen LogP contribution in [-0.2, 0) is 4.79 Å². The summed E-state index contributed by atoms with van der Waals surface area (Å²) in [5, 5.41) is 8.65. The molecule has 0 fully saturated rings. The van der Waals surface area contributed by atoms with Crippen LogP contribution in [0.1, 0.15) is 23.7 Å². The van der Waals surface area contributed by atoms with E-state index >= 15 is 0 Å². The molecule has 1 aromatic rings. The van der Waals surface area contributed by atoms with Gasteiger partial charge in [0.1, 0.15) is 0 Å². The Hall–Kier alpha value is -1.84. The van der Waals surface area contributed by atoms with Crippen molar-refractivity contribution < 1.29 is 14.7 Å². The molecule has 4 nitrogen and oxygen atoms in total. The average Bonchev–Trinajstić information content (AvgIpc) is 2.27. The number of aliphatic carboxylic acids is 1. The van der Waals surface area contributed by atoms with Crippen LogP contribution in [0.4, 0.5) is 0 Å². The van der Waals surface area contributed by atoms with Gasteiger partial charge >= 0.3 is 5.97 Å². The molecular formula is C12H15NO3. The van der Waals surface area contributed by atoms with E-state index in [4.69, 9.17) is 5.11 Å². The molecule has 0 radical (unpaired) electrons. The Labute approximate surface area is 94.5 Å². The molecule has 1 aromatic carbocycles. The number of carboxylic acid groups (broad SMARTS) is 1. The zero-order valence-electron chi connectivity index (χ0n) is 9.38. The highest BCUT2D eigenvalue weighted by molar-refractivity contribution is 5.94. The van der Waals surface area contributed by atoms with Gasteiger partial charge in [-0.2, -0.15) is 0 Å². The van der Waals surface area contributed by atoms with Crippen molar-refractivity contribution in [1.29, 1.82) is 0 Å². The van der Waals surface area contributed by atoms with Gasteiger partial charge in [0.15, 0.2) is 0 Å². The van der Waals surface area contributed by atoms with Crippen molar-refractivity contribution in [2.45, 2.75) is 19.4 Å². The molecule has 0 aliphatic carbocycles. The van der Waals surface area contributed by atoms with Gasteiger partial charge in [-0.05, 0) is 19.1 Å². The van der Waals surface area contributed by atoms with Crippen LogP contribution in [0.5, 0.6) is 0 Å². The maximum absolute atomic E-state index is 11.9. The van der Waals surface area contributed by atoms with Crippen LogP contribution in [0, 0.1) is 0 Å². The van der Waals surface area contributed by atoms with E-state index in [0.29, 0.717) is 5.56 Å². The van der Waals surface area contributed by atoms with E-state index < -0.39 is 5.97 Å². The average molecular weight is 221 g/mol. The molecule has 0 aliphatic rings. The molecule has 0 aromatic heterocycles. The summed E-state index contributed by atoms with van der Waals surface area (Å²) >= 11 is 0. The summed E-state index contributed by atoms with van der Waals surface area (Å²) < 4.78 is 0. The summed E-state index contributed by atoms with van der Waals surface area (Å²) in [6.07, 6.45) is -0.0466. The second-order valence-corrected chi connectivity index (χ2v) is 3.73. The lowest BCUT2D eigenvalue weighted by molar-refractivity contribution is -0.137. The fourth-order valence-electron chi connectivity index (χ4n) is 1.37. The predicted octanol–water partition coefficient (Wildman–Crippen LogP) is 1.62. The lowest BCUT2D eigenvalue weighted by Gasteiger charge is -2.23. The third-order valence-corrected chi connectivity index (χ3v) is 2.47. The molecule has 16 heavy (non-hydrogen) atoms. The number of rotatable bonds is 4. The second kappa shape index (κ2) is 5.30. The molecule has 1 amide bonds. The largest absolute Gasteiger partial charge is 0.481 e. The summed E-state index contributed by atoms with van der Waals surface area (Å²) in [6, 6.07) is 8.51. The van der Waals surface area contributed by atoms with Gasteiger partial charge in [0.25, 0.3) is 5.91 Å². The van der Waals surface area contributed by atoms with Crippen molar-refractivity contribution in [2.24, 2.45) is 0 Å². The van der Waals surface area contributed by atoms with Crippen molar-refractivity contribution in [2.75, 3.05) is 7.05 Å². The highest BCUT2D eigenvalue weighted by Gasteiger charge is 2.19. The van der Waals surface area contributed by atoms with Crippen LogP contribution in [0.25, 0.3) is 0 Å². The van der Waals surface area contributed by atoms with E-state index in [-0.39, 0.29) is 18.4 Å². The standard InChI is InChI=1S/C12H15NO3/c1-9(8-11(14)15)13(2)12(16)10-6-4-3-5-7-10/h3-7,9H,8H2,1-2H3,(H,14,15)/t9-/m0/s1. The second-order valence-electron chi connectivity index (χ2n) is 3.73. The minimum absolute atomic E-state index is 0.0466. The fraction of sp³-hybridized carbons (Fsp3) is 0.333. The van der Waals surface area contributed by atoms with Gasteiger partial charge in [0.05, 0.1) is 6.42 Å². The summed E-state index contributed by atoms with van der Waals surface area (Å²) in [4.78, 5) is 23.9. The Morgan fingerprint density at radius 3 is 2.38 bits per heavy atom. The number of carboxylic acids is 1. The smallest absolute Gasteiger partial charge is 0.305 e. The molecule has 1 rings (SSSR count). The van der Waals surface area contributed by atoms with Gasteiger partial charge in [-0.3, -0.25) is 9.59 Å². The van der Waals surface area contributed by atoms with Crippen molar-refractivity contribution in [3.63, 3.8) is 0 Å². The van der Waals surface area contributed by atoms with Crippen molar-refractivity contribution in [3.8, 4) is 0 Å². The Morgan fingerprint density at radius 1 is 1.31 bits per heavy atom. The number of carbonyl (C=O) groups is 2. The molecular weight excluding hydrogens is 206 g/mol. The molecule has 0 aliphatic heterocycles. The van der Waals surface area contributed by atoms with Crippen LogP contribution in [0.15, 0.2) is 30.3 Å². The zero-order valence-corrected chi connectivity index (χ0v) is 9.38. The lowest BCUT2D eigenvalue weighted by Crippen LogP contribution is -2.36. The van der Waals surface area contributed by atoms with E-state index in [1.807, 2.05) is 6.07 Å². The van der Waals surface area contributed by atoms with Crippen LogP contribution in [0.3, 0.4) is 0 Å². The molecule has 0 saturated heterocycles. The number of carbonyl (C=O) groups excluding carboxylic acids is 1. The summed E-state index contributed by atoms with van der Waals surface area (Å²) in [7, 11) is 1.61. The maximum Gasteiger partial charge on any atom is 0.305 e. The van der Waals surface area contributed by atoms with E-state index in [1.54, 1.807) is 38.2 Å². The molecule has 0 unspecified atom stereocenters. The van der Waals surface area contributed by atoms with Crippen molar-refractivity contribution in [3.05, 3.63) is 35.9 Å². The van der Waals surface area contributed by atoms with Crippen LogP contribution >= 0.6 is 0 Å². The number of benzene rings is 1. The Kier molecular flexibility index (Phi) is 4.05. The lowest BCUT2D eigenvalue weighted by atomic mass is 10.1. The van der Waals surface area contributed by atoms with Crippen molar-refractivity contribution >= 4 is 11.9 Å². The monoisotopic (exact) mass is 221 g/mol. The first-order valence-corrected chi connectivity index (χ1v) is 5.06. The third-order valence-electron chi connectivity index (χ3n) is 2.47. The number of hydrogen-bond acceptors (Lipinski definition) is 2. The highest BCUT2D eigenvalue weighted by atomic mass is 16.4. The first-order chi connectivity index (χ1) is 7.52. The molecule has 1 N–H and O–H groups in total. The predicted molar refractivity (Wildman–Crippen MR) is 60.3 cm³/mol. The van der Waals surface area contributed by atoms with Gasteiger partial charge in [-0.25, -0.2) is 0 Å². The zero-order chi connectivity index (χ0) is 12.1. The Bertz CT molecular complexity index is 375. The quantitative estimate of drug-likeness (QED) is 0.840. The molecule has 0 saturated carbocycles. The summed E-state index contributed by atoms with van der Waals surface area (Å²) in [5.74, 6) is -1.06. The molecule has 0 spiro atoms. The first kappa shape index (κ1) is 12.2. The van der Waals surface area contributed by atoms with E-state index in [9.17, 15) is 9.59 Å². The Morgan fingerprint density at radius 2 is 1.88 bits per heavy atom. The van der Waals surface area contributed by atoms with Gasteiger partial charge in [0.2, 0.25) is 0 Å². The first-order valence-electron chi connectivity index (χ1n) is 5.06. The maximum atomic E-state index is 11.9. The molecule has 0 heterocycles. The van der Waals surface area contributed by atoms with Gasteiger partial charge < -0.3 is 10.0 Å². The van der Waals surface area contributed by atoms with Crippen LogP contribution in [-0.4, -0.2) is 35.0 Å². The normalized spacial score (nSPS) is 11.9. The number of amides is 1. The van der Waals surface area contributed by atoms with Gasteiger partial charge in [-0.15, -0.1) is 0 Å². The minimum atomic E-state index is -0.903. The summed E-state index contributed by atoms with van der Waals surface area (Å²) in [6.45, 7) is 1.72. The van der Waals surface area contributed by atoms with Crippen molar-refractivity contribution in [1.82, 2.24) is 4.90 Å². The van der Waals surface area contributed by atoms with Gasteiger partial charge in [-0.1, -0.05) is 18.2 Å². The van der Waals surface area contributed by atoms with Crippen LogP contribution < -0.4 is 0 Å². The number of nitrogens with zero attached hydrogens (tertiary/aromatic N) is 1. The van der Waals surface area contributed by atoms with Gasteiger partial charge in [0, 0.05) is 18.7 Å². The molecule has 4 heteroatoms. The van der Waals surface area contributed by atoms with Crippen LogP contribution in [0.2, 0.25) is 0 Å². The summed E-state index contributed by atoms with van der Waals surface area (Å²) in [5.41, 5.74) is 0.572. The Balaban J connectivity index is 2.71. The van der Waals surface area contributed by atoms with E-state index in [2.05, 4.69) is 0 Å². The molecule has 1 atom stereocenters. The fourth-order valence-corrected chi connectivity index (χ4v) is 1.37. The third kappa shape index (κ3) is 3.08. The molecule has 86 valence electrons. The topological polar surface area (TPSA) is 57.6 Å². The molecule has 0 bridgehead atoms. The number of hydrogen-bond donors (Lipinski definition) is 1. The minimum Gasteiger partial charge on any atom is -0.481 e. The SMILES string of the molecule is C[C@@H](CC(=O)O)N(C)C(=O)c1ccccc1. The van der Waals surface area contributed by atoms with E-state index in [0.717, 1.165) is 0 Å².